The Hall–Kier alpha value is -2.15. The summed E-state index contributed by atoms with van der Waals surface area (Å²) >= 11 is 0. The summed E-state index contributed by atoms with van der Waals surface area (Å²) in [7, 11) is 1.81. The van der Waals surface area contributed by atoms with Gasteiger partial charge in [0.15, 0.2) is 0 Å². The Morgan fingerprint density at radius 2 is 2.08 bits per heavy atom. The molecule has 7 nitrogen and oxygen atoms in total. The Labute approximate surface area is 147 Å². The van der Waals surface area contributed by atoms with Gasteiger partial charge in [-0.2, -0.15) is 5.10 Å². The zero-order valence-corrected chi connectivity index (χ0v) is 14.9. The smallest absolute Gasteiger partial charge is 0.272 e. The van der Waals surface area contributed by atoms with Gasteiger partial charge in [-0.3, -0.25) is 9.48 Å². The molecule has 2 aromatic rings. The van der Waals surface area contributed by atoms with Gasteiger partial charge in [-0.1, -0.05) is 0 Å². The summed E-state index contributed by atoms with van der Waals surface area (Å²) < 4.78 is 9.51. The zero-order valence-electron chi connectivity index (χ0n) is 14.9. The molecule has 0 N–H and O–H groups in total. The van der Waals surface area contributed by atoms with Gasteiger partial charge in [-0.15, -0.1) is 0 Å². The molecule has 1 amide bonds. The quantitative estimate of drug-likeness (QED) is 0.854. The van der Waals surface area contributed by atoms with Gasteiger partial charge in [-0.05, 0) is 32.3 Å². The molecule has 2 aromatic heterocycles. The van der Waals surface area contributed by atoms with E-state index in [9.17, 15) is 4.79 Å². The molecule has 4 heterocycles. The van der Waals surface area contributed by atoms with Crippen molar-refractivity contribution in [3.8, 4) is 0 Å². The van der Waals surface area contributed by atoms with Crippen LogP contribution in [0.1, 0.15) is 53.2 Å². The number of ether oxygens (including phenoxy) is 1. The van der Waals surface area contributed by atoms with E-state index in [-0.39, 0.29) is 5.91 Å². The Morgan fingerprint density at radius 1 is 1.28 bits per heavy atom. The van der Waals surface area contributed by atoms with E-state index in [1.165, 1.54) is 11.5 Å². The molecule has 0 spiro atoms. The second-order valence-electron chi connectivity index (χ2n) is 7.05. The van der Waals surface area contributed by atoms with Gasteiger partial charge in [0.05, 0.1) is 6.04 Å². The first kappa shape index (κ1) is 16.3. The standard InChI is InChI=1S/C18H25N5O2/c1-13-11-19-17(14-5-9-25-10-6-14)23(13)15-4-8-22(12-15)18(24)16-3-7-20-21(16)2/h3,7,11,14-15H,4-6,8-10,12H2,1-2H3. The highest BCUT2D eigenvalue weighted by Gasteiger charge is 2.32. The molecule has 25 heavy (non-hydrogen) atoms. The summed E-state index contributed by atoms with van der Waals surface area (Å²) in [5.74, 6) is 1.69. The van der Waals surface area contributed by atoms with E-state index in [1.54, 1.807) is 16.9 Å². The minimum absolute atomic E-state index is 0.0629. The number of hydrogen-bond donors (Lipinski definition) is 0. The number of hydrogen-bond acceptors (Lipinski definition) is 4. The third kappa shape index (κ3) is 2.97. The van der Waals surface area contributed by atoms with Gasteiger partial charge < -0.3 is 14.2 Å². The Balaban J connectivity index is 1.53. The summed E-state index contributed by atoms with van der Waals surface area (Å²) in [6, 6.07) is 2.09. The molecule has 2 saturated heterocycles. The third-order valence-corrected chi connectivity index (χ3v) is 5.45. The van der Waals surface area contributed by atoms with E-state index in [1.807, 2.05) is 18.1 Å². The SMILES string of the molecule is Cc1cnc(C2CCOCC2)n1C1CCN(C(=O)c2ccnn2C)C1. The van der Waals surface area contributed by atoms with Crippen LogP contribution in [-0.2, 0) is 11.8 Å². The number of amides is 1. The van der Waals surface area contributed by atoms with Crippen molar-refractivity contribution in [3.63, 3.8) is 0 Å². The van der Waals surface area contributed by atoms with Gasteiger partial charge in [0.1, 0.15) is 11.5 Å². The van der Waals surface area contributed by atoms with Crippen molar-refractivity contribution in [2.75, 3.05) is 26.3 Å². The highest BCUT2D eigenvalue weighted by atomic mass is 16.5. The Morgan fingerprint density at radius 3 is 2.80 bits per heavy atom. The molecular formula is C18H25N5O2. The Kier molecular flexibility index (Phi) is 4.33. The molecule has 0 bridgehead atoms. The van der Waals surface area contributed by atoms with Gasteiger partial charge in [0.2, 0.25) is 0 Å². The van der Waals surface area contributed by atoms with Gasteiger partial charge in [0.25, 0.3) is 5.91 Å². The van der Waals surface area contributed by atoms with Crippen LogP contribution in [0.4, 0.5) is 0 Å². The molecule has 2 fully saturated rings. The van der Waals surface area contributed by atoms with Crippen LogP contribution < -0.4 is 0 Å². The number of imidazole rings is 1. The molecule has 7 heteroatoms. The Bertz CT molecular complexity index is 759. The number of nitrogens with zero attached hydrogens (tertiary/aromatic N) is 5. The lowest BCUT2D eigenvalue weighted by Crippen LogP contribution is -2.31. The fourth-order valence-corrected chi connectivity index (χ4v) is 4.08. The first-order chi connectivity index (χ1) is 12.1. The number of carbonyl (C=O) groups excluding carboxylic acids is 1. The minimum atomic E-state index is 0.0629. The average Bonchev–Trinajstić information content (AvgIpc) is 3.34. The van der Waals surface area contributed by atoms with Crippen LogP contribution in [-0.4, -0.2) is 56.4 Å². The van der Waals surface area contributed by atoms with Crippen LogP contribution in [0.5, 0.6) is 0 Å². The fraction of sp³-hybridized carbons (Fsp3) is 0.611. The molecule has 134 valence electrons. The van der Waals surface area contributed by atoms with Gasteiger partial charge >= 0.3 is 0 Å². The number of aromatic nitrogens is 4. The lowest BCUT2D eigenvalue weighted by molar-refractivity contribution is 0.0774. The molecule has 0 aliphatic carbocycles. The van der Waals surface area contributed by atoms with E-state index in [0.717, 1.165) is 45.6 Å². The molecule has 1 atom stereocenters. The molecule has 0 radical (unpaired) electrons. The predicted molar refractivity (Wildman–Crippen MR) is 92.5 cm³/mol. The first-order valence-corrected chi connectivity index (χ1v) is 9.04. The van der Waals surface area contributed by atoms with E-state index in [0.29, 0.717) is 17.7 Å². The molecule has 2 aliphatic heterocycles. The van der Waals surface area contributed by atoms with Crippen molar-refractivity contribution in [1.29, 1.82) is 0 Å². The summed E-state index contributed by atoms with van der Waals surface area (Å²) in [6.45, 7) is 5.25. The van der Waals surface area contributed by atoms with Crippen molar-refractivity contribution in [2.45, 2.75) is 38.1 Å². The fourth-order valence-electron chi connectivity index (χ4n) is 4.08. The zero-order chi connectivity index (χ0) is 17.4. The van der Waals surface area contributed by atoms with Crippen molar-refractivity contribution >= 4 is 5.91 Å². The normalized spacial score (nSPS) is 21.8. The highest BCUT2D eigenvalue weighted by Crippen LogP contribution is 2.32. The molecule has 1 unspecified atom stereocenters. The highest BCUT2D eigenvalue weighted by molar-refractivity contribution is 5.92. The molecule has 4 rings (SSSR count). The molecular weight excluding hydrogens is 318 g/mol. The second-order valence-corrected chi connectivity index (χ2v) is 7.05. The summed E-state index contributed by atoms with van der Waals surface area (Å²) in [5, 5.41) is 4.11. The van der Waals surface area contributed by atoms with Crippen molar-refractivity contribution in [1.82, 2.24) is 24.2 Å². The van der Waals surface area contributed by atoms with E-state index < -0.39 is 0 Å². The summed E-state index contributed by atoms with van der Waals surface area (Å²) in [6.07, 6.45) is 6.67. The van der Waals surface area contributed by atoms with Crippen LogP contribution in [0.2, 0.25) is 0 Å². The number of likely N-dealkylation sites (tertiary alicyclic amines) is 1. The molecule has 0 saturated carbocycles. The van der Waals surface area contributed by atoms with Crippen LogP contribution in [0.15, 0.2) is 18.5 Å². The predicted octanol–water partition coefficient (Wildman–Crippen LogP) is 1.91. The summed E-state index contributed by atoms with van der Waals surface area (Å²) in [5.41, 5.74) is 1.83. The number of carbonyl (C=O) groups is 1. The van der Waals surface area contributed by atoms with E-state index in [2.05, 4.69) is 16.6 Å². The first-order valence-electron chi connectivity index (χ1n) is 9.04. The van der Waals surface area contributed by atoms with Crippen LogP contribution >= 0.6 is 0 Å². The van der Waals surface area contributed by atoms with Crippen LogP contribution in [0, 0.1) is 6.92 Å². The largest absolute Gasteiger partial charge is 0.381 e. The average molecular weight is 343 g/mol. The lowest BCUT2D eigenvalue weighted by Gasteiger charge is -2.26. The maximum atomic E-state index is 12.7. The van der Waals surface area contributed by atoms with Gasteiger partial charge in [-0.25, -0.2) is 4.98 Å². The number of aryl methyl sites for hydroxylation is 2. The lowest BCUT2D eigenvalue weighted by atomic mass is 9.99. The van der Waals surface area contributed by atoms with E-state index in [4.69, 9.17) is 9.72 Å². The van der Waals surface area contributed by atoms with E-state index >= 15 is 0 Å². The second kappa shape index (κ2) is 6.63. The third-order valence-electron chi connectivity index (χ3n) is 5.45. The maximum absolute atomic E-state index is 12.7. The van der Waals surface area contributed by atoms with Crippen LogP contribution in [0.3, 0.4) is 0 Å². The maximum Gasteiger partial charge on any atom is 0.272 e. The van der Waals surface area contributed by atoms with Crippen molar-refractivity contribution in [2.24, 2.45) is 7.05 Å². The van der Waals surface area contributed by atoms with Crippen molar-refractivity contribution < 1.29 is 9.53 Å². The number of rotatable bonds is 3. The van der Waals surface area contributed by atoms with Gasteiger partial charge in [0, 0.05) is 57.4 Å². The van der Waals surface area contributed by atoms with Crippen LogP contribution in [0.25, 0.3) is 0 Å². The molecule has 2 aliphatic rings. The van der Waals surface area contributed by atoms with Crippen molar-refractivity contribution in [3.05, 3.63) is 35.7 Å². The molecule has 0 aromatic carbocycles. The summed E-state index contributed by atoms with van der Waals surface area (Å²) in [4.78, 5) is 19.4. The minimum Gasteiger partial charge on any atom is -0.381 e. The monoisotopic (exact) mass is 343 g/mol. The topological polar surface area (TPSA) is 65.2 Å².